The molecule has 3 aromatic rings. The second kappa shape index (κ2) is 13.7. The van der Waals surface area contributed by atoms with Gasteiger partial charge in [0.1, 0.15) is 17.1 Å². The summed E-state index contributed by atoms with van der Waals surface area (Å²) in [6.45, 7) is 2.62. The lowest BCUT2D eigenvalue weighted by atomic mass is 9.82. The van der Waals surface area contributed by atoms with Crippen LogP contribution in [0.5, 0.6) is 5.75 Å². The molecule has 0 saturated heterocycles. The van der Waals surface area contributed by atoms with Crippen LogP contribution in [0.2, 0.25) is 0 Å². The van der Waals surface area contributed by atoms with E-state index < -0.39 is 0 Å². The summed E-state index contributed by atoms with van der Waals surface area (Å²) in [7, 11) is 0. The van der Waals surface area contributed by atoms with E-state index in [4.69, 9.17) is 0 Å². The van der Waals surface area contributed by atoms with Crippen LogP contribution in [0, 0.1) is 11.7 Å². The second-order valence-corrected chi connectivity index (χ2v) is 10.8. The van der Waals surface area contributed by atoms with Crippen molar-refractivity contribution in [2.75, 3.05) is 26.2 Å². The van der Waals surface area contributed by atoms with E-state index in [1.165, 1.54) is 25.3 Å². The number of hydrogen-bond donors (Lipinski definition) is 5. The molecule has 9 heteroatoms. The Kier molecular flexibility index (Phi) is 10.1. The molecule has 1 aliphatic rings. The zero-order chi connectivity index (χ0) is 26.0. The lowest BCUT2D eigenvalue weighted by Crippen LogP contribution is -2.43. The maximum atomic E-state index is 13.5. The molecular formula is C28H37FN4O3S. The minimum atomic E-state index is -0.215. The lowest BCUT2D eigenvalue weighted by Gasteiger charge is -2.31. The number of halogens is 1. The number of thiazole rings is 1. The number of amides is 1. The van der Waals surface area contributed by atoms with Crippen molar-refractivity contribution in [1.29, 1.82) is 0 Å². The number of carbonyl (C=O) groups is 1. The van der Waals surface area contributed by atoms with Crippen LogP contribution in [0.1, 0.15) is 49.7 Å². The third-order valence-electron chi connectivity index (χ3n) is 7.17. The van der Waals surface area contributed by atoms with Crippen molar-refractivity contribution in [3.63, 3.8) is 0 Å². The van der Waals surface area contributed by atoms with Crippen molar-refractivity contribution in [3.05, 3.63) is 63.0 Å². The first kappa shape index (κ1) is 27.3. The van der Waals surface area contributed by atoms with Crippen molar-refractivity contribution in [2.45, 2.75) is 57.4 Å². The fourth-order valence-electron chi connectivity index (χ4n) is 5.22. The first-order chi connectivity index (χ1) is 18.0. The smallest absolute Gasteiger partial charge is 0.305 e. The Morgan fingerprint density at radius 3 is 2.73 bits per heavy atom. The molecule has 1 aliphatic carbocycles. The van der Waals surface area contributed by atoms with Gasteiger partial charge in [-0.1, -0.05) is 48.8 Å². The Bertz CT molecular complexity index is 1220. The van der Waals surface area contributed by atoms with E-state index in [9.17, 15) is 19.1 Å². The predicted molar refractivity (Wildman–Crippen MR) is 147 cm³/mol. The Morgan fingerprint density at radius 1 is 1.08 bits per heavy atom. The molecule has 0 bridgehead atoms. The Morgan fingerprint density at radius 2 is 1.92 bits per heavy atom. The average Bonchev–Trinajstić information content (AvgIpc) is 3.30. The molecule has 1 unspecified atom stereocenters. The molecule has 1 saturated carbocycles. The van der Waals surface area contributed by atoms with Crippen LogP contribution < -0.4 is 20.8 Å². The summed E-state index contributed by atoms with van der Waals surface area (Å²) in [6, 6.07) is 10.3. The number of phenolic OH excluding ortho intramolecular Hbond substituents is 1. The summed E-state index contributed by atoms with van der Waals surface area (Å²) in [4.78, 5) is 26.9. The van der Waals surface area contributed by atoms with Gasteiger partial charge in [0.25, 0.3) is 0 Å². The Labute approximate surface area is 220 Å². The van der Waals surface area contributed by atoms with E-state index >= 15 is 0 Å². The molecule has 7 nitrogen and oxygen atoms in total. The summed E-state index contributed by atoms with van der Waals surface area (Å²) in [5.41, 5.74) is 2.47. The highest BCUT2D eigenvalue weighted by Gasteiger charge is 2.25. The van der Waals surface area contributed by atoms with Crippen LogP contribution in [-0.4, -0.2) is 48.2 Å². The molecule has 0 aliphatic heterocycles. The molecule has 2 aromatic carbocycles. The molecule has 1 fully saturated rings. The third kappa shape index (κ3) is 8.12. The number of hydrogen-bond acceptors (Lipinski definition) is 6. The van der Waals surface area contributed by atoms with Gasteiger partial charge in [0, 0.05) is 25.6 Å². The fraction of sp³-hybridized carbons (Fsp3) is 0.500. The molecule has 1 amide bonds. The molecule has 1 atom stereocenters. The molecule has 4 rings (SSSR count). The van der Waals surface area contributed by atoms with Gasteiger partial charge in [0.2, 0.25) is 5.91 Å². The normalized spacial score (nSPS) is 15.2. The molecule has 1 heterocycles. The summed E-state index contributed by atoms with van der Waals surface area (Å²) >= 11 is 1.11. The van der Waals surface area contributed by atoms with E-state index in [2.05, 4.69) is 20.9 Å². The van der Waals surface area contributed by atoms with E-state index in [1.807, 2.05) is 12.1 Å². The van der Waals surface area contributed by atoms with Crippen molar-refractivity contribution in [3.8, 4) is 5.75 Å². The first-order valence-electron chi connectivity index (χ1n) is 13.3. The zero-order valence-electron chi connectivity index (χ0n) is 21.2. The number of benzene rings is 2. The fourth-order valence-corrected chi connectivity index (χ4v) is 6.11. The zero-order valence-corrected chi connectivity index (χ0v) is 22.0. The first-order valence-corrected chi connectivity index (χ1v) is 14.1. The summed E-state index contributed by atoms with van der Waals surface area (Å²) in [6.07, 6.45) is 7.89. The van der Waals surface area contributed by atoms with Crippen LogP contribution in [-0.2, 0) is 17.6 Å². The van der Waals surface area contributed by atoms with E-state index in [0.29, 0.717) is 37.5 Å². The number of fused-ring (bicyclic) bond motifs is 1. The highest BCUT2D eigenvalue weighted by Crippen LogP contribution is 2.28. The number of H-pyrrole nitrogens is 1. The number of aromatic hydroxyl groups is 1. The standard InChI is InChI=1S/C28H37FN4O3S/c29-22-8-4-5-19(17-22)11-14-31-23(20-6-2-1-3-7-20)18-25(35)32-16-15-30-13-12-21-9-10-24(34)26-27(21)37-28(36)33-26/h4-5,8-10,17,20,23,30-31,34H,1-3,6-7,11-16,18H2,(H,32,35)(H,33,36). The van der Waals surface area contributed by atoms with Crippen LogP contribution in [0.25, 0.3) is 10.2 Å². The second-order valence-electron chi connectivity index (χ2n) is 9.86. The topological polar surface area (TPSA) is 106 Å². The molecule has 37 heavy (non-hydrogen) atoms. The van der Waals surface area contributed by atoms with Crippen LogP contribution in [0.3, 0.4) is 0 Å². The van der Waals surface area contributed by atoms with Gasteiger partial charge in [0.05, 0.1) is 4.70 Å². The molecule has 200 valence electrons. The van der Waals surface area contributed by atoms with Gasteiger partial charge in [-0.2, -0.15) is 0 Å². The number of aromatic amines is 1. The van der Waals surface area contributed by atoms with Gasteiger partial charge in [-0.25, -0.2) is 4.39 Å². The monoisotopic (exact) mass is 528 g/mol. The minimum Gasteiger partial charge on any atom is -0.506 e. The van der Waals surface area contributed by atoms with Crippen molar-refractivity contribution in [2.24, 2.45) is 5.92 Å². The number of rotatable bonds is 13. The van der Waals surface area contributed by atoms with Gasteiger partial charge >= 0.3 is 4.87 Å². The molecular weight excluding hydrogens is 491 g/mol. The van der Waals surface area contributed by atoms with Gasteiger partial charge in [0.15, 0.2) is 0 Å². The summed E-state index contributed by atoms with van der Waals surface area (Å²) in [5.74, 6) is 0.416. The largest absolute Gasteiger partial charge is 0.506 e. The molecule has 5 N–H and O–H groups in total. The minimum absolute atomic E-state index is 0.0490. The Hall–Kier alpha value is -2.75. The van der Waals surface area contributed by atoms with Crippen LogP contribution >= 0.6 is 11.3 Å². The Balaban J connectivity index is 1.18. The number of nitrogens with one attached hydrogen (secondary N) is 4. The number of aromatic nitrogens is 1. The SMILES string of the molecule is O=C(CC(NCCc1cccc(F)c1)C1CCCCC1)NCCNCCc1ccc(O)c2[nH]c(=O)sc12. The van der Waals surface area contributed by atoms with Gasteiger partial charge < -0.3 is 26.0 Å². The predicted octanol–water partition coefficient (Wildman–Crippen LogP) is 3.85. The van der Waals surface area contributed by atoms with Crippen molar-refractivity contribution >= 4 is 27.5 Å². The molecule has 0 radical (unpaired) electrons. The van der Waals surface area contributed by atoms with Gasteiger partial charge in [-0.3, -0.25) is 9.59 Å². The highest BCUT2D eigenvalue weighted by molar-refractivity contribution is 7.16. The lowest BCUT2D eigenvalue weighted by molar-refractivity contribution is -0.121. The van der Waals surface area contributed by atoms with E-state index in [0.717, 1.165) is 59.4 Å². The van der Waals surface area contributed by atoms with E-state index in [1.54, 1.807) is 18.2 Å². The van der Waals surface area contributed by atoms with Gasteiger partial charge in [-0.15, -0.1) is 0 Å². The van der Waals surface area contributed by atoms with Crippen molar-refractivity contribution < 1.29 is 14.3 Å². The van der Waals surface area contributed by atoms with Crippen LogP contribution in [0.15, 0.2) is 41.2 Å². The summed E-state index contributed by atoms with van der Waals surface area (Å²) in [5, 5.41) is 19.9. The molecule has 1 aromatic heterocycles. The maximum absolute atomic E-state index is 13.5. The highest BCUT2D eigenvalue weighted by atomic mass is 32.1. The average molecular weight is 529 g/mol. The van der Waals surface area contributed by atoms with Crippen LogP contribution in [0.4, 0.5) is 4.39 Å². The van der Waals surface area contributed by atoms with Gasteiger partial charge in [-0.05, 0) is 74.0 Å². The summed E-state index contributed by atoms with van der Waals surface area (Å²) < 4.78 is 14.3. The maximum Gasteiger partial charge on any atom is 0.305 e. The third-order valence-corrected chi connectivity index (χ3v) is 8.13. The quantitative estimate of drug-likeness (QED) is 0.217. The molecule has 0 spiro atoms. The van der Waals surface area contributed by atoms with Crippen molar-refractivity contribution in [1.82, 2.24) is 20.9 Å². The number of carbonyl (C=O) groups excluding carboxylic acids is 1. The van der Waals surface area contributed by atoms with E-state index in [-0.39, 0.29) is 28.4 Å². The number of phenols is 1.